The van der Waals surface area contributed by atoms with Crippen molar-refractivity contribution in [3.63, 3.8) is 0 Å². The molecular weight excluding hydrogens is 403 g/mol. The number of hydrogen-bond donors (Lipinski definition) is 2. The highest BCUT2D eigenvalue weighted by Crippen LogP contribution is 2.53. The SMILES string of the molecule is Cc1nn(-c2ncnc3nc[nH]c23)c2c1C1(CC(=O)N2)C(=O)N(C)c2ccc(F)cc21. The summed E-state index contributed by atoms with van der Waals surface area (Å²) in [6.07, 6.45) is 2.69. The van der Waals surface area contributed by atoms with Crippen LogP contribution >= 0.6 is 0 Å². The number of aromatic amines is 1. The number of benzene rings is 1. The maximum Gasteiger partial charge on any atom is 0.242 e. The van der Waals surface area contributed by atoms with Crippen LogP contribution in [0.15, 0.2) is 30.9 Å². The number of amides is 2. The van der Waals surface area contributed by atoms with Gasteiger partial charge in [0.2, 0.25) is 11.8 Å². The summed E-state index contributed by atoms with van der Waals surface area (Å²) in [5.41, 5.74) is 1.67. The van der Waals surface area contributed by atoms with Gasteiger partial charge in [0, 0.05) is 24.7 Å². The zero-order valence-corrected chi connectivity index (χ0v) is 16.5. The molecule has 0 saturated heterocycles. The van der Waals surface area contributed by atoms with Gasteiger partial charge in [-0.25, -0.2) is 19.3 Å². The topological polar surface area (TPSA) is 122 Å². The second-order valence-electron chi connectivity index (χ2n) is 7.68. The molecule has 0 aliphatic carbocycles. The molecule has 11 heteroatoms. The molecule has 4 aromatic rings. The first-order chi connectivity index (χ1) is 14.9. The number of aryl methyl sites for hydroxylation is 1. The van der Waals surface area contributed by atoms with Gasteiger partial charge in [-0.15, -0.1) is 0 Å². The van der Waals surface area contributed by atoms with Crippen molar-refractivity contribution in [2.24, 2.45) is 0 Å². The van der Waals surface area contributed by atoms with Crippen molar-refractivity contribution in [3.05, 3.63) is 53.5 Å². The Morgan fingerprint density at radius 1 is 1.19 bits per heavy atom. The molecule has 0 saturated carbocycles. The summed E-state index contributed by atoms with van der Waals surface area (Å²) in [4.78, 5) is 43.4. The summed E-state index contributed by atoms with van der Waals surface area (Å²) < 4.78 is 15.7. The van der Waals surface area contributed by atoms with Crippen molar-refractivity contribution < 1.29 is 14.0 Å². The molecule has 2 amide bonds. The molecule has 6 rings (SSSR count). The molecule has 1 aromatic carbocycles. The van der Waals surface area contributed by atoms with E-state index in [1.54, 1.807) is 20.0 Å². The maximum atomic E-state index is 14.3. The highest BCUT2D eigenvalue weighted by molar-refractivity contribution is 6.15. The Morgan fingerprint density at radius 2 is 2.03 bits per heavy atom. The quantitative estimate of drug-likeness (QED) is 0.484. The van der Waals surface area contributed by atoms with Crippen molar-refractivity contribution in [3.8, 4) is 5.82 Å². The maximum absolute atomic E-state index is 14.3. The lowest BCUT2D eigenvalue weighted by Crippen LogP contribution is -2.46. The van der Waals surface area contributed by atoms with Crippen LogP contribution in [0.25, 0.3) is 17.0 Å². The molecule has 0 bridgehead atoms. The van der Waals surface area contributed by atoms with Gasteiger partial charge in [-0.3, -0.25) is 9.59 Å². The third-order valence-corrected chi connectivity index (χ3v) is 6.02. The van der Waals surface area contributed by atoms with Crippen LogP contribution in [-0.2, 0) is 15.0 Å². The number of halogens is 1. The first kappa shape index (κ1) is 17.7. The molecule has 5 heterocycles. The lowest BCUT2D eigenvalue weighted by Gasteiger charge is -2.32. The number of H-pyrrole nitrogens is 1. The molecule has 2 aliphatic heterocycles. The third-order valence-electron chi connectivity index (χ3n) is 6.02. The van der Waals surface area contributed by atoms with Gasteiger partial charge >= 0.3 is 0 Å². The monoisotopic (exact) mass is 418 g/mol. The van der Waals surface area contributed by atoms with Crippen LogP contribution in [0.1, 0.15) is 23.2 Å². The number of fused-ring (bicyclic) bond motifs is 5. The average molecular weight is 418 g/mol. The molecule has 2 N–H and O–H groups in total. The van der Waals surface area contributed by atoms with Crippen molar-refractivity contribution in [1.29, 1.82) is 0 Å². The van der Waals surface area contributed by atoms with E-state index < -0.39 is 11.2 Å². The fourth-order valence-electron chi connectivity index (χ4n) is 4.79. The van der Waals surface area contributed by atoms with Crippen molar-refractivity contribution in [2.45, 2.75) is 18.8 Å². The van der Waals surface area contributed by atoms with E-state index in [4.69, 9.17) is 0 Å². The number of hydrogen-bond acceptors (Lipinski definition) is 6. The van der Waals surface area contributed by atoms with Gasteiger partial charge in [-0.2, -0.15) is 9.78 Å². The van der Waals surface area contributed by atoms with Crippen LogP contribution in [-0.4, -0.2) is 48.6 Å². The number of nitrogens with zero attached hydrogens (tertiary/aromatic N) is 6. The van der Waals surface area contributed by atoms with Crippen LogP contribution in [0.4, 0.5) is 15.9 Å². The predicted octanol–water partition coefficient (Wildman–Crippen LogP) is 1.59. The molecule has 0 fully saturated rings. The first-order valence-corrected chi connectivity index (χ1v) is 9.54. The van der Waals surface area contributed by atoms with Gasteiger partial charge in [0.15, 0.2) is 11.5 Å². The Morgan fingerprint density at radius 3 is 2.87 bits per heavy atom. The number of imidazole rings is 1. The average Bonchev–Trinajstić information content (AvgIpc) is 3.40. The molecule has 1 atom stereocenters. The van der Waals surface area contributed by atoms with E-state index in [9.17, 15) is 14.0 Å². The number of rotatable bonds is 1. The molecule has 0 radical (unpaired) electrons. The number of likely N-dealkylation sites (N-methyl/N-ethyl adjacent to an activating group) is 1. The lowest BCUT2D eigenvalue weighted by atomic mass is 9.70. The summed E-state index contributed by atoms with van der Waals surface area (Å²) in [5, 5.41) is 7.44. The molecule has 1 unspecified atom stereocenters. The minimum Gasteiger partial charge on any atom is -0.340 e. The molecule has 10 nitrogen and oxygen atoms in total. The van der Waals surface area contributed by atoms with Crippen LogP contribution in [0.3, 0.4) is 0 Å². The Labute approximate surface area is 174 Å². The van der Waals surface area contributed by atoms with Crippen LogP contribution < -0.4 is 10.2 Å². The zero-order chi connectivity index (χ0) is 21.5. The minimum absolute atomic E-state index is 0.143. The highest BCUT2D eigenvalue weighted by Gasteiger charge is 2.57. The number of aromatic nitrogens is 6. The number of anilines is 2. The first-order valence-electron chi connectivity index (χ1n) is 9.54. The van der Waals surface area contributed by atoms with Gasteiger partial charge in [0.1, 0.15) is 28.9 Å². The lowest BCUT2D eigenvalue weighted by molar-refractivity contribution is -0.126. The number of nitrogens with one attached hydrogen (secondary N) is 2. The Bertz CT molecular complexity index is 1440. The largest absolute Gasteiger partial charge is 0.340 e. The second kappa shape index (κ2) is 5.72. The minimum atomic E-state index is -1.37. The zero-order valence-electron chi connectivity index (χ0n) is 16.5. The van der Waals surface area contributed by atoms with E-state index in [0.717, 1.165) is 0 Å². The molecule has 2 aliphatic rings. The predicted molar refractivity (Wildman–Crippen MR) is 107 cm³/mol. The highest BCUT2D eigenvalue weighted by atomic mass is 19.1. The standard InChI is InChI=1S/C20H15FN8O2/c1-9-14-17(29(27-9)18-15-16(23-7-22-15)24-8-25-18)26-13(30)6-20(14)11-5-10(21)3-4-12(11)28(2)19(20)31/h3-5,7-8H,6H2,1-2H3,(H,26,30)(H,22,23,24,25). The molecule has 154 valence electrons. The molecule has 31 heavy (non-hydrogen) atoms. The van der Waals surface area contributed by atoms with E-state index in [-0.39, 0.29) is 18.2 Å². The number of carbonyl (C=O) groups is 2. The van der Waals surface area contributed by atoms with Gasteiger partial charge in [-0.1, -0.05) is 0 Å². The third kappa shape index (κ3) is 2.09. The van der Waals surface area contributed by atoms with E-state index in [1.807, 2.05) is 0 Å². The summed E-state index contributed by atoms with van der Waals surface area (Å²) in [6.45, 7) is 1.75. The van der Waals surface area contributed by atoms with E-state index >= 15 is 0 Å². The van der Waals surface area contributed by atoms with Gasteiger partial charge in [0.05, 0.1) is 12.0 Å². The van der Waals surface area contributed by atoms with Crippen molar-refractivity contribution >= 4 is 34.5 Å². The van der Waals surface area contributed by atoms with Gasteiger partial charge in [-0.05, 0) is 30.7 Å². The molecule has 3 aromatic heterocycles. The normalized spacial score (nSPS) is 19.8. The van der Waals surface area contributed by atoms with Crippen molar-refractivity contribution in [2.75, 3.05) is 17.3 Å². The van der Waals surface area contributed by atoms with Crippen LogP contribution in [0.2, 0.25) is 0 Å². The molecule has 1 spiro atoms. The molecular formula is C20H15FN8O2. The fraction of sp³-hybridized carbons (Fsp3) is 0.200. The van der Waals surface area contributed by atoms with Gasteiger partial charge < -0.3 is 15.2 Å². The van der Waals surface area contributed by atoms with Crippen LogP contribution in [0, 0.1) is 12.7 Å². The Hall–Kier alpha value is -4.15. The second-order valence-corrected chi connectivity index (χ2v) is 7.68. The van der Waals surface area contributed by atoms with Crippen molar-refractivity contribution in [1.82, 2.24) is 29.7 Å². The summed E-state index contributed by atoms with van der Waals surface area (Å²) in [6, 6.07) is 4.19. The Balaban J connectivity index is 1.69. The van der Waals surface area contributed by atoms with Crippen LogP contribution in [0.5, 0.6) is 0 Å². The van der Waals surface area contributed by atoms with E-state index in [1.165, 1.54) is 34.4 Å². The Kier molecular flexibility index (Phi) is 3.26. The summed E-state index contributed by atoms with van der Waals surface area (Å²) in [5.74, 6) is -0.456. The fourth-order valence-corrected chi connectivity index (χ4v) is 4.79. The summed E-state index contributed by atoms with van der Waals surface area (Å²) in [7, 11) is 1.62. The van der Waals surface area contributed by atoms with E-state index in [2.05, 4.69) is 30.4 Å². The van der Waals surface area contributed by atoms with E-state index in [0.29, 0.717) is 45.3 Å². The summed E-state index contributed by atoms with van der Waals surface area (Å²) >= 11 is 0. The number of carbonyl (C=O) groups excluding carboxylic acids is 2. The smallest absolute Gasteiger partial charge is 0.242 e. The van der Waals surface area contributed by atoms with Gasteiger partial charge in [0.25, 0.3) is 0 Å².